The largest absolute Gasteiger partial charge is 0.464 e. The topological polar surface area (TPSA) is 26.0 Å². The third-order valence-corrected chi connectivity index (χ3v) is 3.30. The Morgan fingerprint density at radius 2 is 2.21 bits per heavy atom. The molecule has 0 unspecified atom stereocenters. The number of aromatic nitrogens is 1. The lowest BCUT2D eigenvalue weighted by Gasteiger charge is -1.94. The zero-order valence-corrected chi connectivity index (χ0v) is 8.81. The van der Waals surface area contributed by atoms with Crippen molar-refractivity contribution in [2.24, 2.45) is 0 Å². The lowest BCUT2D eigenvalue weighted by atomic mass is 10.1. The molecule has 0 N–H and O–H groups in total. The molecule has 0 saturated carbocycles. The van der Waals surface area contributed by atoms with Crippen LogP contribution in [0, 0.1) is 13.8 Å². The van der Waals surface area contributed by atoms with E-state index in [1.807, 2.05) is 13.0 Å². The first-order valence-electron chi connectivity index (χ1n) is 4.49. The van der Waals surface area contributed by atoms with Crippen LogP contribution in [0.2, 0.25) is 0 Å². The van der Waals surface area contributed by atoms with Crippen LogP contribution < -0.4 is 0 Å². The number of fused-ring (bicyclic) bond motifs is 3. The van der Waals surface area contributed by atoms with Gasteiger partial charge in [-0.05, 0) is 31.5 Å². The van der Waals surface area contributed by atoms with Crippen LogP contribution in [0.3, 0.4) is 0 Å². The number of hydrogen-bond acceptors (Lipinski definition) is 3. The fourth-order valence-electron chi connectivity index (χ4n) is 1.80. The Balaban J connectivity index is 2.64. The van der Waals surface area contributed by atoms with Gasteiger partial charge in [-0.1, -0.05) is 0 Å². The number of thiazole rings is 1. The lowest BCUT2D eigenvalue weighted by molar-refractivity contribution is 0.613. The van der Waals surface area contributed by atoms with E-state index in [1.165, 1.54) is 10.3 Å². The van der Waals surface area contributed by atoms with Crippen LogP contribution in [-0.2, 0) is 0 Å². The maximum absolute atomic E-state index is 5.43. The van der Waals surface area contributed by atoms with E-state index in [-0.39, 0.29) is 0 Å². The molecule has 0 spiro atoms. The molecule has 14 heavy (non-hydrogen) atoms. The molecule has 70 valence electrons. The third-order valence-electron chi connectivity index (χ3n) is 2.39. The van der Waals surface area contributed by atoms with Crippen molar-refractivity contribution < 1.29 is 4.42 Å². The first kappa shape index (κ1) is 8.00. The fraction of sp³-hybridized carbons (Fsp3) is 0.182. The molecule has 0 aliphatic rings. The Labute approximate surface area is 85.2 Å². The summed E-state index contributed by atoms with van der Waals surface area (Å²) in [5.41, 5.74) is 3.21. The minimum absolute atomic E-state index is 0.961. The number of hydrogen-bond donors (Lipinski definition) is 0. The quantitative estimate of drug-likeness (QED) is 0.557. The smallest absolute Gasteiger partial charge is 0.139 e. The molecular weight excluding hydrogens is 194 g/mol. The maximum atomic E-state index is 5.43. The van der Waals surface area contributed by atoms with E-state index in [1.54, 1.807) is 17.6 Å². The third kappa shape index (κ3) is 0.930. The van der Waals surface area contributed by atoms with E-state index in [9.17, 15) is 0 Å². The summed E-state index contributed by atoms with van der Waals surface area (Å²) in [6.07, 6.45) is 1.73. The first-order chi connectivity index (χ1) is 6.75. The Morgan fingerprint density at radius 3 is 3.07 bits per heavy atom. The molecule has 2 heterocycles. The minimum atomic E-state index is 0.961. The number of nitrogens with zero attached hydrogens (tertiary/aromatic N) is 1. The predicted octanol–water partition coefficient (Wildman–Crippen LogP) is 3.66. The summed E-state index contributed by atoms with van der Waals surface area (Å²) in [7, 11) is 0. The molecule has 0 fully saturated rings. The van der Waals surface area contributed by atoms with E-state index in [0.717, 1.165) is 21.5 Å². The Morgan fingerprint density at radius 1 is 1.36 bits per heavy atom. The van der Waals surface area contributed by atoms with Gasteiger partial charge in [-0.25, -0.2) is 4.98 Å². The van der Waals surface area contributed by atoms with E-state index in [4.69, 9.17) is 4.42 Å². The maximum Gasteiger partial charge on any atom is 0.139 e. The van der Waals surface area contributed by atoms with E-state index in [2.05, 4.69) is 18.0 Å². The lowest BCUT2D eigenvalue weighted by Crippen LogP contribution is -1.75. The second kappa shape index (κ2) is 2.58. The van der Waals surface area contributed by atoms with Crippen molar-refractivity contribution in [2.45, 2.75) is 13.8 Å². The van der Waals surface area contributed by atoms with Gasteiger partial charge in [0.2, 0.25) is 0 Å². The van der Waals surface area contributed by atoms with Gasteiger partial charge in [0.25, 0.3) is 0 Å². The van der Waals surface area contributed by atoms with Gasteiger partial charge in [0.05, 0.1) is 21.5 Å². The van der Waals surface area contributed by atoms with Crippen LogP contribution >= 0.6 is 11.3 Å². The minimum Gasteiger partial charge on any atom is -0.464 e. The summed E-state index contributed by atoms with van der Waals surface area (Å²) < 4.78 is 6.68. The van der Waals surface area contributed by atoms with Crippen molar-refractivity contribution in [1.29, 1.82) is 0 Å². The van der Waals surface area contributed by atoms with Gasteiger partial charge >= 0.3 is 0 Å². The van der Waals surface area contributed by atoms with Crippen molar-refractivity contribution in [2.75, 3.05) is 0 Å². The molecule has 3 heteroatoms. The number of rotatable bonds is 0. The molecule has 0 aliphatic carbocycles. The fourth-order valence-corrected chi connectivity index (χ4v) is 2.74. The second-order valence-corrected chi connectivity index (χ2v) is 4.67. The highest BCUT2D eigenvalue weighted by Crippen LogP contribution is 2.31. The standard InChI is InChI=1S/C11H9NOS/c1-6-5-9-10(12-7(2)14-9)8-3-4-13-11(6)8/h3-5H,1-2H3. The average molecular weight is 203 g/mol. The monoisotopic (exact) mass is 203 g/mol. The highest BCUT2D eigenvalue weighted by molar-refractivity contribution is 7.18. The summed E-state index contributed by atoms with van der Waals surface area (Å²) in [4.78, 5) is 4.51. The van der Waals surface area contributed by atoms with Crippen molar-refractivity contribution >= 4 is 32.5 Å². The zero-order chi connectivity index (χ0) is 9.71. The first-order valence-corrected chi connectivity index (χ1v) is 5.31. The van der Waals surface area contributed by atoms with E-state index in [0.29, 0.717) is 0 Å². The van der Waals surface area contributed by atoms with Crippen molar-refractivity contribution in [3.05, 3.63) is 29.0 Å². The number of aryl methyl sites for hydroxylation is 2. The Bertz CT molecular complexity index is 621. The molecule has 3 aromatic rings. The highest BCUT2D eigenvalue weighted by Gasteiger charge is 2.09. The van der Waals surface area contributed by atoms with Crippen LogP contribution in [0.1, 0.15) is 10.6 Å². The summed E-state index contributed by atoms with van der Waals surface area (Å²) in [6, 6.07) is 4.13. The normalized spacial score (nSPS) is 11.6. The van der Waals surface area contributed by atoms with Crippen LogP contribution in [0.4, 0.5) is 0 Å². The zero-order valence-electron chi connectivity index (χ0n) is 8.00. The Hall–Kier alpha value is -1.35. The summed E-state index contributed by atoms with van der Waals surface area (Å²) in [5, 5.41) is 2.23. The predicted molar refractivity (Wildman–Crippen MR) is 58.9 cm³/mol. The SMILES string of the molecule is Cc1nc2c(cc(C)c3occc32)s1. The molecule has 0 atom stereocenters. The summed E-state index contributed by atoms with van der Waals surface area (Å²) in [6.45, 7) is 4.10. The molecule has 2 nitrogen and oxygen atoms in total. The van der Waals surface area contributed by atoms with Gasteiger partial charge in [0.15, 0.2) is 0 Å². The Kier molecular flexibility index (Phi) is 1.47. The van der Waals surface area contributed by atoms with E-state index < -0.39 is 0 Å². The molecular formula is C11H9NOS. The van der Waals surface area contributed by atoms with Crippen molar-refractivity contribution in [1.82, 2.24) is 4.98 Å². The van der Waals surface area contributed by atoms with Gasteiger partial charge < -0.3 is 4.42 Å². The molecule has 0 radical (unpaired) electrons. The van der Waals surface area contributed by atoms with Gasteiger partial charge in [-0.3, -0.25) is 0 Å². The molecule has 0 saturated heterocycles. The summed E-state index contributed by atoms with van der Waals surface area (Å²) >= 11 is 1.73. The van der Waals surface area contributed by atoms with Gasteiger partial charge in [0, 0.05) is 5.39 Å². The molecule has 3 rings (SSSR count). The van der Waals surface area contributed by atoms with Crippen molar-refractivity contribution in [3.63, 3.8) is 0 Å². The average Bonchev–Trinajstić information content (AvgIpc) is 2.69. The van der Waals surface area contributed by atoms with Crippen LogP contribution in [-0.4, -0.2) is 4.98 Å². The van der Waals surface area contributed by atoms with E-state index >= 15 is 0 Å². The van der Waals surface area contributed by atoms with Gasteiger partial charge in [-0.2, -0.15) is 0 Å². The molecule has 2 aromatic heterocycles. The van der Waals surface area contributed by atoms with Gasteiger partial charge in [-0.15, -0.1) is 11.3 Å². The van der Waals surface area contributed by atoms with Gasteiger partial charge in [0.1, 0.15) is 5.58 Å². The number of benzene rings is 1. The van der Waals surface area contributed by atoms with Crippen LogP contribution in [0.15, 0.2) is 22.8 Å². The molecule has 0 amide bonds. The highest BCUT2D eigenvalue weighted by atomic mass is 32.1. The molecule has 0 bridgehead atoms. The van der Waals surface area contributed by atoms with Crippen molar-refractivity contribution in [3.8, 4) is 0 Å². The van der Waals surface area contributed by atoms with Crippen LogP contribution in [0.25, 0.3) is 21.2 Å². The summed E-state index contributed by atoms with van der Waals surface area (Å²) in [5.74, 6) is 0. The number of furan rings is 1. The molecule has 1 aromatic carbocycles. The second-order valence-electron chi connectivity index (χ2n) is 3.44. The van der Waals surface area contributed by atoms with Crippen LogP contribution in [0.5, 0.6) is 0 Å². The molecule has 0 aliphatic heterocycles.